The monoisotopic (exact) mass is 428 g/mol. The second-order valence-electron chi connectivity index (χ2n) is 7.47. The minimum Gasteiger partial charge on any atom is -0.271 e. The molecule has 0 fully saturated rings. The molecule has 0 saturated carbocycles. The fraction of sp³-hybridized carbons (Fsp3) is 0.0417. The Morgan fingerprint density at radius 3 is 2.35 bits per heavy atom. The van der Waals surface area contributed by atoms with Crippen molar-refractivity contribution >= 4 is 37.4 Å². The van der Waals surface area contributed by atoms with Crippen molar-refractivity contribution < 1.29 is 8.42 Å². The third kappa shape index (κ3) is 3.65. The first-order chi connectivity index (χ1) is 14.9. The van der Waals surface area contributed by atoms with Gasteiger partial charge in [-0.25, -0.2) is 9.82 Å². The molecule has 0 aliphatic heterocycles. The molecule has 5 rings (SSSR count). The van der Waals surface area contributed by atoms with E-state index in [4.69, 9.17) is 10.2 Å². The van der Waals surface area contributed by atoms with Gasteiger partial charge in [0.05, 0.1) is 17.1 Å². The number of nitrogens with one attached hydrogen (secondary N) is 1. The van der Waals surface area contributed by atoms with Crippen LogP contribution in [-0.2, 0) is 10.2 Å². The van der Waals surface area contributed by atoms with Gasteiger partial charge in [-0.1, -0.05) is 54.6 Å². The van der Waals surface area contributed by atoms with Gasteiger partial charge in [0, 0.05) is 11.3 Å². The van der Waals surface area contributed by atoms with Crippen LogP contribution in [0.2, 0.25) is 0 Å². The molecule has 0 unspecified atom stereocenters. The molecule has 154 valence electrons. The van der Waals surface area contributed by atoms with E-state index in [2.05, 4.69) is 59.3 Å². The number of nitrogens with two attached hydrogens (primary N) is 1. The van der Waals surface area contributed by atoms with Crippen LogP contribution < -0.4 is 9.86 Å². The molecule has 0 amide bonds. The highest BCUT2D eigenvalue weighted by atomic mass is 32.2. The lowest BCUT2D eigenvalue weighted by molar-refractivity contribution is 0.603. The zero-order valence-corrected chi connectivity index (χ0v) is 17.6. The van der Waals surface area contributed by atoms with Crippen molar-refractivity contribution in [3.05, 3.63) is 90.6 Å². The van der Waals surface area contributed by atoms with E-state index in [1.54, 1.807) is 12.1 Å². The van der Waals surface area contributed by atoms with Gasteiger partial charge >= 0.3 is 0 Å². The Morgan fingerprint density at radius 2 is 1.58 bits per heavy atom. The standard InChI is InChI=1S/C24H20N4O2S/c1-16-15-23(28(26-16)20-13-11-19(12-14-20)27-31(25,29)30)22-8-4-6-18-10-9-17-5-2-3-7-21(17)24(18)22/h2-15,27H,1H3,(H2,25,29,30). The molecule has 0 saturated heterocycles. The maximum atomic E-state index is 11.3. The minimum atomic E-state index is -3.82. The summed E-state index contributed by atoms with van der Waals surface area (Å²) in [5.74, 6) is 0. The molecule has 0 atom stereocenters. The van der Waals surface area contributed by atoms with Crippen LogP contribution in [-0.4, -0.2) is 18.2 Å². The molecule has 5 aromatic rings. The molecule has 0 aliphatic rings. The fourth-order valence-electron chi connectivity index (χ4n) is 4.00. The van der Waals surface area contributed by atoms with Gasteiger partial charge < -0.3 is 0 Å². The minimum absolute atomic E-state index is 0.396. The number of fused-ring (bicyclic) bond motifs is 3. The molecule has 0 spiro atoms. The SMILES string of the molecule is Cc1cc(-c2cccc3ccc4ccccc4c23)n(-c2ccc(NS(N)(=O)=O)cc2)n1. The molecule has 1 heterocycles. The molecule has 7 heteroatoms. The predicted molar refractivity (Wildman–Crippen MR) is 125 cm³/mol. The van der Waals surface area contributed by atoms with E-state index in [-0.39, 0.29) is 0 Å². The molecule has 6 nitrogen and oxygen atoms in total. The third-order valence-corrected chi connectivity index (χ3v) is 5.77. The second kappa shape index (κ2) is 7.23. The van der Waals surface area contributed by atoms with E-state index in [9.17, 15) is 8.42 Å². The van der Waals surface area contributed by atoms with Crippen LogP contribution in [0.1, 0.15) is 5.69 Å². The summed E-state index contributed by atoms with van der Waals surface area (Å²) < 4.78 is 26.7. The van der Waals surface area contributed by atoms with Crippen LogP contribution in [0.5, 0.6) is 0 Å². The first-order valence-electron chi connectivity index (χ1n) is 9.77. The van der Waals surface area contributed by atoms with Crippen molar-refractivity contribution in [2.24, 2.45) is 5.14 Å². The average molecular weight is 429 g/mol. The molecule has 1 aromatic heterocycles. The van der Waals surface area contributed by atoms with Crippen molar-refractivity contribution in [1.82, 2.24) is 9.78 Å². The van der Waals surface area contributed by atoms with E-state index in [1.807, 2.05) is 29.8 Å². The number of aryl methyl sites for hydroxylation is 1. The quantitative estimate of drug-likeness (QED) is 0.404. The molecule has 0 aliphatic carbocycles. The van der Waals surface area contributed by atoms with Crippen LogP contribution in [0.4, 0.5) is 5.69 Å². The van der Waals surface area contributed by atoms with Crippen LogP contribution in [0.25, 0.3) is 38.5 Å². The lowest BCUT2D eigenvalue weighted by atomic mass is 9.96. The normalized spacial score (nSPS) is 11.8. The Hall–Kier alpha value is -3.68. The second-order valence-corrected chi connectivity index (χ2v) is 8.76. The van der Waals surface area contributed by atoms with Crippen molar-refractivity contribution in [2.45, 2.75) is 6.92 Å². The van der Waals surface area contributed by atoms with E-state index in [0.717, 1.165) is 28.0 Å². The van der Waals surface area contributed by atoms with Crippen LogP contribution >= 0.6 is 0 Å². The van der Waals surface area contributed by atoms with Gasteiger partial charge in [-0.2, -0.15) is 13.5 Å². The lowest BCUT2D eigenvalue weighted by Crippen LogP contribution is -2.21. The van der Waals surface area contributed by atoms with Crippen molar-refractivity contribution in [3.8, 4) is 16.9 Å². The first-order valence-corrected chi connectivity index (χ1v) is 11.3. The number of hydrogen-bond acceptors (Lipinski definition) is 3. The topological polar surface area (TPSA) is 90.0 Å². The number of rotatable bonds is 4. The lowest BCUT2D eigenvalue weighted by Gasteiger charge is -2.13. The summed E-state index contributed by atoms with van der Waals surface area (Å²) in [6.45, 7) is 1.96. The van der Waals surface area contributed by atoms with E-state index in [0.29, 0.717) is 5.69 Å². The van der Waals surface area contributed by atoms with Crippen LogP contribution in [0.3, 0.4) is 0 Å². The van der Waals surface area contributed by atoms with E-state index >= 15 is 0 Å². The van der Waals surface area contributed by atoms with Crippen LogP contribution in [0, 0.1) is 6.92 Å². The van der Waals surface area contributed by atoms with Gasteiger partial charge in [0.25, 0.3) is 10.2 Å². The smallest absolute Gasteiger partial charge is 0.271 e. The highest BCUT2D eigenvalue weighted by molar-refractivity contribution is 7.90. The molecule has 0 radical (unpaired) electrons. The summed E-state index contributed by atoms with van der Waals surface area (Å²) >= 11 is 0. The number of aromatic nitrogens is 2. The molecule has 3 N–H and O–H groups in total. The van der Waals surface area contributed by atoms with Crippen molar-refractivity contribution in [3.63, 3.8) is 0 Å². The molecule has 4 aromatic carbocycles. The van der Waals surface area contributed by atoms with Gasteiger partial charge in [0.15, 0.2) is 0 Å². The number of benzene rings is 4. The third-order valence-electron chi connectivity index (χ3n) is 5.25. The molecule has 0 bridgehead atoms. The summed E-state index contributed by atoms with van der Waals surface area (Å²) in [7, 11) is -3.82. The highest BCUT2D eigenvalue weighted by Crippen LogP contribution is 2.35. The fourth-order valence-corrected chi connectivity index (χ4v) is 4.46. The first kappa shape index (κ1) is 19.3. The number of hydrogen-bond donors (Lipinski definition) is 2. The van der Waals surface area contributed by atoms with E-state index in [1.165, 1.54) is 16.2 Å². The Morgan fingerprint density at radius 1 is 0.871 bits per heavy atom. The molecular formula is C24H20N4O2S. The zero-order chi connectivity index (χ0) is 21.6. The summed E-state index contributed by atoms with van der Waals surface area (Å²) in [5, 5.41) is 14.5. The summed E-state index contributed by atoms with van der Waals surface area (Å²) in [6.07, 6.45) is 0. The largest absolute Gasteiger partial charge is 0.296 e. The summed E-state index contributed by atoms with van der Waals surface area (Å²) in [6, 6.07) is 27.9. The van der Waals surface area contributed by atoms with Gasteiger partial charge in [0.1, 0.15) is 0 Å². The van der Waals surface area contributed by atoms with Gasteiger partial charge in [-0.3, -0.25) is 4.72 Å². The Balaban J connectivity index is 1.70. The maximum Gasteiger partial charge on any atom is 0.296 e. The average Bonchev–Trinajstić information content (AvgIpc) is 3.14. The van der Waals surface area contributed by atoms with Crippen molar-refractivity contribution in [1.29, 1.82) is 0 Å². The van der Waals surface area contributed by atoms with Gasteiger partial charge in [0.2, 0.25) is 0 Å². The molecular weight excluding hydrogens is 408 g/mol. The highest BCUT2D eigenvalue weighted by Gasteiger charge is 2.14. The summed E-state index contributed by atoms with van der Waals surface area (Å²) in [5.41, 5.74) is 4.15. The zero-order valence-electron chi connectivity index (χ0n) is 16.8. The maximum absolute atomic E-state index is 11.3. The Kier molecular flexibility index (Phi) is 4.50. The summed E-state index contributed by atoms with van der Waals surface area (Å²) in [4.78, 5) is 0. The van der Waals surface area contributed by atoms with Crippen molar-refractivity contribution in [2.75, 3.05) is 4.72 Å². The van der Waals surface area contributed by atoms with E-state index < -0.39 is 10.2 Å². The van der Waals surface area contributed by atoms with Crippen LogP contribution in [0.15, 0.2) is 84.9 Å². The Labute approximate surface area is 180 Å². The Bertz CT molecular complexity index is 1540. The van der Waals surface area contributed by atoms with Gasteiger partial charge in [-0.05, 0) is 58.8 Å². The number of anilines is 1. The number of nitrogens with zero attached hydrogens (tertiary/aromatic N) is 2. The predicted octanol–water partition coefficient (Wildman–Crippen LogP) is 4.77. The molecule has 31 heavy (non-hydrogen) atoms. The van der Waals surface area contributed by atoms with Gasteiger partial charge in [-0.15, -0.1) is 0 Å².